The number of hydrogen-bond donors (Lipinski definition) is 1. The van der Waals surface area contributed by atoms with Crippen molar-refractivity contribution in [2.24, 2.45) is 18.7 Å². The van der Waals surface area contributed by atoms with Gasteiger partial charge in [-0.25, -0.2) is 0 Å². The van der Waals surface area contributed by atoms with Gasteiger partial charge < -0.3 is 15.2 Å². The normalized spacial score (nSPS) is 11.9. The van der Waals surface area contributed by atoms with Crippen molar-refractivity contribution in [1.82, 2.24) is 9.47 Å². The minimum absolute atomic E-state index is 0.0551. The Balaban J connectivity index is 2.83. The van der Waals surface area contributed by atoms with Crippen LogP contribution in [-0.2, 0) is 7.05 Å². The first kappa shape index (κ1) is 14.4. The van der Waals surface area contributed by atoms with E-state index in [1.807, 2.05) is 6.92 Å². The third-order valence-corrected chi connectivity index (χ3v) is 3.13. The molecular weight excluding hydrogens is 250 g/mol. The minimum Gasteiger partial charge on any atom is -0.393 e. The van der Waals surface area contributed by atoms with E-state index in [9.17, 15) is 9.59 Å². The summed E-state index contributed by atoms with van der Waals surface area (Å²) in [5.74, 6) is -0.267. The average molecular weight is 267 g/mol. The first-order valence-corrected chi connectivity index (χ1v) is 5.95. The highest BCUT2D eigenvalue weighted by molar-refractivity contribution is 7.80. The number of nitrogens with two attached hydrogens (primary N) is 1. The molecule has 0 saturated heterocycles. The van der Waals surface area contributed by atoms with Gasteiger partial charge in [0.1, 0.15) is 0 Å². The zero-order valence-corrected chi connectivity index (χ0v) is 11.5. The summed E-state index contributed by atoms with van der Waals surface area (Å²) < 4.78 is 1.41. The van der Waals surface area contributed by atoms with E-state index in [0.717, 1.165) is 0 Å². The summed E-state index contributed by atoms with van der Waals surface area (Å²) in [6, 6.07) is 2.94. The van der Waals surface area contributed by atoms with Crippen LogP contribution in [0, 0.1) is 5.92 Å². The number of pyridine rings is 1. The Hall–Kier alpha value is -1.69. The van der Waals surface area contributed by atoms with Crippen LogP contribution in [0.2, 0.25) is 0 Å². The van der Waals surface area contributed by atoms with Gasteiger partial charge in [-0.1, -0.05) is 19.1 Å². The summed E-state index contributed by atoms with van der Waals surface area (Å²) in [6.07, 6.45) is 1.57. The fraction of sp³-hybridized carbons (Fsp3) is 0.417. The number of hydrogen-bond acceptors (Lipinski definition) is 3. The van der Waals surface area contributed by atoms with Gasteiger partial charge in [0.05, 0.1) is 4.99 Å². The topological polar surface area (TPSA) is 68.3 Å². The Bertz CT molecular complexity index is 524. The van der Waals surface area contributed by atoms with E-state index in [4.69, 9.17) is 18.0 Å². The second kappa shape index (κ2) is 5.77. The fourth-order valence-electron chi connectivity index (χ4n) is 1.49. The minimum atomic E-state index is -0.212. The van der Waals surface area contributed by atoms with E-state index in [1.54, 1.807) is 26.4 Å². The highest BCUT2D eigenvalue weighted by Gasteiger charge is 2.16. The molecule has 98 valence electrons. The maximum atomic E-state index is 12.1. The summed E-state index contributed by atoms with van der Waals surface area (Å²) in [4.78, 5) is 25.4. The molecule has 1 rings (SSSR count). The van der Waals surface area contributed by atoms with Crippen LogP contribution < -0.4 is 11.3 Å². The number of aromatic nitrogens is 1. The maximum absolute atomic E-state index is 12.1. The molecule has 1 aromatic heterocycles. The first-order valence-electron chi connectivity index (χ1n) is 5.54. The van der Waals surface area contributed by atoms with Crippen molar-refractivity contribution in [2.75, 3.05) is 13.6 Å². The van der Waals surface area contributed by atoms with Crippen LogP contribution in [0.5, 0.6) is 0 Å². The second-order valence-electron chi connectivity index (χ2n) is 4.35. The molecule has 2 N–H and O–H groups in total. The summed E-state index contributed by atoms with van der Waals surface area (Å²) in [5, 5.41) is 0. The van der Waals surface area contributed by atoms with E-state index in [1.165, 1.54) is 15.5 Å². The number of amides is 1. The van der Waals surface area contributed by atoms with Crippen LogP contribution in [0.25, 0.3) is 0 Å². The van der Waals surface area contributed by atoms with Gasteiger partial charge in [0, 0.05) is 44.4 Å². The lowest BCUT2D eigenvalue weighted by atomic mass is 10.1. The molecule has 0 bridgehead atoms. The quantitative estimate of drug-likeness (QED) is 0.801. The monoisotopic (exact) mass is 267 g/mol. The van der Waals surface area contributed by atoms with Gasteiger partial charge in [-0.2, -0.15) is 0 Å². The Morgan fingerprint density at radius 3 is 2.72 bits per heavy atom. The number of carbonyl (C=O) groups is 1. The molecule has 18 heavy (non-hydrogen) atoms. The summed E-state index contributed by atoms with van der Waals surface area (Å²) in [7, 11) is 3.30. The molecule has 0 fully saturated rings. The zero-order chi connectivity index (χ0) is 13.9. The van der Waals surface area contributed by atoms with E-state index in [-0.39, 0.29) is 17.4 Å². The highest BCUT2D eigenvalue weighted by Crippen LogP contribution is 2.04. The molecule has 0 spiro atoms. The van der Waals surface area contributed by atoms with Gasteiger partial charge in [0.15, 0.2) is 0 Å². The van der Waals surface area contributed by atoms with Crippen LogP contribution in [0.3, 0.4) is 0 Å². The molecule has 1 unspecified atom stereocenters. The molecule has 0 aliphatic rings. The Labute approximate surface area is 111 Å². The van der Waals surface area contributed by atoms with Crippen LogP contribution in [0.15, 0.2) is 23.1 Å². The Morgan fingerprint density at radius 2 is 2.22 bits per heavy atom. The van der Waals surface area contributed by atoms with Crippen molar-refractivity contribution >= 4 is 23.1 Å². The molecule has 0 aliphatic heterocycles. The fourth-order valence-corrected chi connectivity index (χ4v) is 1.56. The molecule has 1 atom stereocenters. The predicted molar refractivity (Wildman–Crippen MR) is 74.6 cm³/mol. The number of thiocarbonyl (C=S) groups is 1. The van der Waals surface area contributed by atoms with Gasteiger partial charge >= 0.3 is 0 Å². The van der Waals surface area contributed by atoms with E-state index < -0.39 is 0 Å². The van der Waals surface area contributed by atoms with Gasteiger partial charge in [-0.05, 0) is 6.07 Å². The average Bonchev–Trinajstić information content (AvgIpc) is 2.31. The second-order valence-corrected chi connectivity index (χ2v) is 4.83. The van der Waals surface area contributed by atoms with E-state index >= 15 is 0 Å². The molecule has 1 amide bonds. The standard InChI is InChI=1S/C12H17N3O2S/c1-8(11(13)18)7-15(3)12(17)9-4-5-14(2)10(16)6-9/h4-6,8H,7H2,1-3H3,(H2,13,18). The first-order chi connectivity index (χ1) is 8.32. The predicted octanol–water partition coefficient (Wildman–Crippen LogP) is 0.380. The summed E-state index contributed by atoms with van der Waals surface area (Å²) in [6.45, 7) is 2.29. The highest BCUT2D eigenvalue weighted by atomic mass is 32.1. The largest absolute Gasteiger partial charge is 0.393 e. The zero-order valence-electron chi connectivity index (χ0n) is 10.7. The number of carbonyl (C=O) groups excluding carboxylic acids is 1. The van der Waals surface area contributed by atoms with E-state index in [0.29, 0.717) is 17.1 Å². The smallest absolute Gasteiger partial charge is 0.253 e. The van der Waals surface area contributed by atoms with Gasteiger partial charge in [-0.3, -0.25) is 9.59 Å². The lowest BCUT2D eigenvalue weighted by Gasteiger charge is -2.21. The van der Waals surface area contributed by atoms with Crippen LogP contribution in [0.1, 0.15) is 17.3 Å². The van der Waals surface area contributed by atoms with Crippen LogP contribution in [0.4, 0.5) is 0 Å². The summed E-state index contributed by atoms with van der Waals surface area (Å²) >= 11 is 4.86. The Morgan fingerprint density at radius 1 is 1.61 bits per heavy atom. The van der Waals surface area contributed by atoms with Crippen molar-refractivity contribution in [3.63, 3.8) is 0 Å². The maximum Gasteiger partial charge on any atom is 0.253 e. The molecular formula is C12H17N3O2S. The Kier molecular flexibility index (Phi) is 4.61. The van der Waals surface area contributed by atoms with Crippen molar-refractivity contribution in [3.8, 4) is 0 Å². The van der Waals surface area contributed by atoms with Crippen molar-refractivity contribution in [3.05, 3.63) is 34.2 Å². The molecule has 0 saturated carbocycles. The molecule has 5 nitrogen and oxygen atoms in total. The number of rotatable bonds is 4. The van der Waals surface area contributed by atoms with Crippen LogP contribution >= 0.6 is 12.2 Å². The van der Waals surface area contributed by atoms with Crippen LogP contribution in [-0.4, -0.2) is 34.0 Å². The number of aryl methyl sites for hydroxylation is 1. The molecule has 1 aromatic rings. The summed E-state index contributed by atoms with van der Waals surface area (Å²) in [5.41, 5.74) is 5.67. The van der Waals surface area contributed by atoms with Gasteiger partial charge in [-0.15, -0.1) is 0 Å². The van der Waals surface area contributed by atoms with Crippen molar-refractivity contribution in [2.45, 2.75) is 6.92 Å². The molecule has 0 radical (unpaired) electrons. The lowest BCUT2D eigenvalue weighted by molar-refractivity contribution is 0.0786. The third kappa shape index (κ3) is 3.40. The van der Waals surface area contributed by atoms with Gasteiger partial charge in [0.25, 0.3) is 11.5 Å². The van der Waals surface area contributed by atoms with Crippen molar-refractivity contribution in [1.29, 1.82) is 0 Å². The third-order valence-electron chi connectivity index (χ3n) is 2.73. The molecule has 6 heteroatoms. The molecule has 1 heterocycles. The number of nitrogens with zero attached hydrogens (tertiary/aromatic N) is 2. The molecule has 0 aromatic carbocycles. The van der Waals surface area contributed by atoms with Crippen molar-refractivity contribution < 1.29 is 4.79 Å². The van der Waals surface area contributed by atoms with Gasteiger partial charge in [0.2, 0.25) is 0 Å². The SMILES string of the molecule is CC(CN(C)C(=O)c1ccn(C)c(=O)c1)C(N)=S. The van der Waals surface area contributed by atoms with E-state index in [2.05, 4.69) is 0 Å². The lowest BCUT2D eigenvalue weighted by Crippen LogP contribution is -2.36. The molecule has 0 aliphatic carbocycles.